The summed E-state index contributed by atoms with van der Waals surface area (Å²) in [6, 6.07) is 5.29. The zero-order chi connectivity index (χ0) is 19.4. The summed E-state index contributed by atoms with van der Waals surface area (Å²) in [6.45, 7) is 4.34. The third kappa shape index (κ3) is 3.97. The van der Waals surface area contributed by atoms with Crippen LogP contribution in [0.2, 0.25) is 0 Å². The number of ether oxygens (including phenoxy) is 4. The van der Waals surface area contributed by atoms with Crippen molar-refractivity contribution in [3.63, 3.8) is 0 Å². The lowest BCUT2D eigenvalue weighted by atomic mass is 10.1. The van der Waals surface area contributed by atoms with Crippen LogP contribution in [0.3, 0.4) is 0 Å². The number of rotatable bonds is 8. The third-order valence-electron chi connectivity index (χ3n) is 4.02. The number of hydrogen-bond acceptors (Lipinski definition) is 8. The van der Waals surface area contributed by atoms with Crippen molar-refractivity contribution in [3.05, 3.63) is 45.6 Å². The smallest absolute Gasteiger partial charge is 0.342 e. The standard InChI is InChI=1S/C19H21NO6S/c1-5-24-18(21)16-13-8-12(25-9-15-11(2)20-10-27-15)6-7-14(13)26-17(16)19(22-3)23-4/h6-8,10,19H,5,9H2,1-4H3. The molecule has 0 N–H and O–H groups in total. The maximum Gasteiger partial charge on any atom is 0.342 e. The Labute approximate surface area is 160 Å². The van der Waals surface area contributed by atoms with E-state index in [0.29, 0.717) is 23.3 Å². The van der Waals surface area contributed by atoms with Crippen LogP contribution in [-0.2, 0) is 20.8 Å². The van der Waals surface area contributed by atoms with E-state index >= 15 is 0 Å². The molecule has 0 spiro atoms. The van der Waals surface area contributed by atoms with E-state index in [1.807, 2.05) is 6.92 Å². The van der Waals surface area contributed by atoms with Gasteiger partial charge in [0.05, 0.1) is 22.7 Å². The molecule has 0 saturated heterocycles. The monoisotopic (exact) mass is 391 g/mol. The summed E-state index contributed by atoms with van der Waals surface area (Å²) < 4.78 is 27.4. The van der Waals surface area contributed by atoms with Crippen molar-refractivity contribution in [3.8, 4) is 5.75 Å². The number of fused-ring (bicyclic) bond motifs is 1. The first-order chi connectivity index (χ1) is 13.1. The maximum absolute atomic E-state index is 12.5. The number of benzene rings is 1. The predicted molar refractivity (Wildman–Crippen MR) is 100 cm³/mol. The van der Waals surface area contributed by atoms with Crippen LogP contribution in [0, 0.1) is 6.92 Å². The highest BCUT2D eigenvalue weighted by atomic mass is 32.1. The summed E-state index contributed by atoms with van der Waals surface area (Å²) in [5, 5.41) is 0.584. The molecule has 0 bridgehead atoms. The van der Waals surface area contributed by atoms with Crippen LogP contribution >= 0.6 is 11.3 Å². The fourth-order valence-corrected chi connectivity index (χ4v) is 3.38. The molecule has 1 aromatic carbocycles. The number of furan rings is 1. The number of carbonyl (C=O) groups is 1. The largest absolute Gasteiger partial charge is 0.488 e. The maximum atomic E-state index is 12.5. The van der Waals surface area contributed by atoms with Gasteiger partial charge in [-0.25, -0.2) is 9.78 Å². The van der Waals surface area contributed by atoms with E-state index in [1.54, 1.807) is 30.6 Å². The van der Waals surface area contributed by atoms with Crippen molar-refractivity contribution >= 4 is 28.3 Å². The van der Waals surface area contributed by atoms with Crippen LogP contribution in [-0.4, -0.2) is 31.8 Å². The van der Waals surface area contributed by atoms with Gasteiger partial charge in [0.25, 0.3) is 0 Å². The van der Waals surface area contributed by atoms with Gasteiger partial charge in [-0.2, -0.15) is 0 Å². The van der Waals surface area contributed by atoms with E-state index in [-0.39, 0.29) is 17.9 Å². The molecule has 3 rings (SSSR count). The summed E-state index contributed by atoms with van der Waals surface area (Å²) in [5.41, 5.74) is 3.53. The lowest BCUT2D eigenvalue weighted by molar-refractivity contribution is -0.117. The van der Waals surface area contributed by atoms with Gasteiger partial charge in [0.2, 0.25) is 6.29 Å². The number of esters is 1. The molecular weight excluding hydrogens is 370 g/mol. The Balaban J connectivity index is 1.99. The predicted octanol–water partition coefficient (Wildman–Crippen LogP) is 4.24. The number of aromatic nitrogens is 1. The van der Waals surface area contributed by atoms with Crippen LogP contribution in [0.25, 0.3) is 11.0 Å². The Bertz CT molecular complexity index is 928. The first-order valence-electron chi connectivity index (χ1n) is 8.39. The number of nitrogens with zero attached hydrogens (tertiary/aromatic N) is 1. The van der Waals surface area contributed by atoms with Gasteiger partial charge in [0, 0.05) is 19.6 Å². The first kappa shape index (κ1) is 19.3. The van der Waals surface area contributed by atoms with E-state index in [0.717, 1.165) is 10.6 Å². The zero-order valence-electron chi connectivity index (χ0n) is 15.6. The average molecular weight is 391 g/mol. The lowest BCUT2D eigenvalue weighted by Crippen LogP contribution is -2.11. The number of aryl methyl sites for hydroxylation is 1. The second kappa shape index (κ2) is 8.51. The van der Waals surface area contributed by atoms with Gasteiger partial charge in [0.1, 0.15) is 23.5 Å². The number of carbonyl (C=O) groups excluding carboxylic acids is 1. The minimum atomic E-state index is -0.819. The Morgan fingerprint density at radius 3 is 2.70 bits per heavy atom. The van der Waals surface area contributed by atoms with Crippen molar-refractivity contribution in [2.24, 2.45) is 0 Å². The normalized spacial score (nSPS) is 11.3. The third-order valence-corrected chi connectivity index (χ3v) is 4.93. The second-order valence-electron chi connectivity index (χ2n) is 5.67. The molecular formula is C19H21NO6S. The molecule has 0 saturated carbocycles. The van der Waals surface area contributed by atoms with Gasteiger partial charge < -0.3 is 23.4 Å². The van der Waals surface area contributed by atoms with Gasteiger partial charge >= 0.3 is 5.97 Å². The fraction of sp³-hybridized carbons (Fsp3) is 0.368. The van der Waals surface area contributed by atoms with Crippen molar-refractivity contribution in [1.82, 2.24) is 4.98 Å². The van der Waals surface area contributed by atoms with Gasteiger partial charge in [-0.05, 0) is 32.0 Å². The summed E-state index contributed by atoms with van der Waals surface area (Å²) >= 11 is 1.54. The van der Waals surface area contributed by atoms with E-state index < -0.39 is 12.3 Å². The van der Waals surface area contributed by atoms with Crippen LogP contribution in [0.5, 0.6) is 5.75 Å². The topological polar surface area (TPSA) is 80.0 Å². The van der Waals surface area contributed by atoms with E-state index in [2.05, 4.69) is 4.98 Å². The molecule has 0 fully saturated rings. The minimum Gasteiger partial charge on any atom is -0.488 e. The lowest BCUT2D eigenvalue weighted by Gasteiger charge is -2.12. The van der Waals surface area contributed by atoms with Crippen molar-refractivity contribution < 1.29 is 28.2 Å². The molecule has 0 aliphatic heterocycles. The molecule has 8 heteroatoms. The van der Waals surface area contributed by atoms with Gasteiger partial charge in [0.15, 0.2) is 5.76 Å². The highest BCUT2D eigenvalue weighted by molar-refractivity contribution is 7.09. The quantitative estimate of drug-likeness (QED) is 0.419. The summed E-state index contributed by atoms with van der Waals surface area (Å²) in [5.74, 6) is 0.379. The molecule has 2 aromatic heterocycles. The highest BCUT2D eigenvalue weighted by Gasteiger charge is 2.28. The Morgan fingerprint density at radius 2 is 2.07 bits per heavy atom. The van der Waals surface area contributed by atoms with Crippen molar-refractivity contribution in [2.45, 2.75) is 26.7 Å². The molecule has 0 amide bonds. The van der Waals surface area contributed by atoms with Crippen molar-refractivity contribution in [2.75, 3.05) is 20.8 Å². The molecule has 0 aliphatic carbocycles. The van der Waals surface area contributed by atoms with Crippen LogP contribution in [0.15, 0.2) is 28.1 Å². The van der Waals surface area contributed by atoms with Crippen molar-refractivity contribution in [1.29, 1.82) is 0 Å². The Hall–Kier alpha value is -2.42. The second-order valence-corrected chi connectivity index (χ2v) is 6.61. The summed E-state index contributed by atoms with van der Waals surface area (Å²) in [6.07, 6.45) is -0.819. The van der Waals surface area contributed by atoms with Gasteiger partial charge in [-0.15, -0.1) is 11.3 Å². The average Bonchev–Trinajstić information content (AvgIpc) is 3.24. The van der Waals surface area contributed by atoms with E-state index in [4.69, 9.17) is 23.4 Å². The fourth-order valence-electron chi connectivity index (χ4n) is 2.69. The molecule has 27 heavy (non-hydrogen) atoms. The number of hydrogen-bond donors (Lipinski definition) is 0. The molecule has 0 atom stereocenters. The van der Waals surface area contributed by atoms with E-state index in [9.17, 15) is 4.79 Å². The van der Waals surface area contributed by atoms with E-state index in [1.165, 1.54) is 25.6 Å². The molecule has 0 unspecified atom stereocenters. The van der Waals surface area contributed by atoms with Crippen LogP contribution in [0.1, 0.15) is 39.9 Å². The van der Waals surface area contributed by atoms with Gasteiger partial charge in [-0.3, -0.25) is 0 Å². The molecule has 0 aliphatic rings. The number of methoxy groups -OCH3 is 2. The summed E-state index contributed by atoms with van der Waals surface area (Å²) in [7, 11) is 2.95. The van der Waals surface area contributed by atoms with Crippen LogP contribution < -0.4 is 4.74 Å². The SMILES string of the molecule is CCOC(=O)c1c(C(OC)OC)oc2ccc(OCc3scnc3C)cc12. The minimum absolute atomic E-state index is 0.246. The molecule has 144 valence electrons. The molecule has 0 radical (unpaired) electrons. The molecule has 3 aromatic rings. The number of thiazole rings is 1. The Morgan fingerprint density at radius 1 is 1.30 bits per heavy atom. The van der Waals surface area contributed by atoms with Gasteiger partial charge in [-0.1, -0.05) is 0 Å². The van der Waals surface area contributed by atoms with Crippen LogP contribution in [0.4, 0.5) is 0 Å². The zero-order valence-corrected chi connectivity index (χ0v) is 16.4. The Kier molecular flexibility index (Phi) is 6.10. The highest BCUT2D eigenvalue weighted by Crippen LogP contribution is 2.35. The molecule has 7 nitrogen and oxygen atoms in total. The summed E-state index contributed by atoms with van der Waals surface area (Å²) in [4.78, 5) is 17.8. The molecule has 2 heterocycles. The first-order valence-corrected chi connectivity index (χ1v) is 9.27.